The maximum atomic E-state index is 13.3. The normalized spacial score (nSPS) is 12.4. The molecule has 0 aliphatic rings. The van der Waals surface area contributed by atoms with Gasteiger partial charge in [0.15, 0.2) is 0 Å². The Hall–Kier alpha value is -1.95. The molecule has 116 valence electrons. The van der Waals surface area contributed by atoms with Crippen LogP contribution in [0.25, 0.3) is 0 Å². The molecule has 0 heterocycles. The number of hydrogen-bond donors (Lipinski definition) is 2. The highest BCUT2D eigenvalue weighted by Gasteiger charge is 2.27. The van der Waals surface area contributed by atoms with Gasteiger partial charge in [-0.2, -0.15) is 0 Å². The minimum atomic E-state index is -1.07. The Balaban J connectivity index is 3.07. The number of aliphatic carboxylic acids is 2. The summed E-state index contributed by atoms with van der Waals surface area (Å²) >= 11 is 0. The molecule has 0 saturated carbocycles. The lowest BCUT2D eigenvalue weighted by atomic mass is 10.0. The van der Waals surface area contributed by atoms with Crippen LogP contribution in [-0.2, 0) is 9.59 Å². The molecule has 0 radical (unpaired) electrons. The third-order valence-electron chi connectivity index (χ3n) is 3.22. The van der Waals surface area contributed by atoms with E-state index in [0.29, 0.717) is 24.1 Å². The fourth-order valence-corrected chi connectivity index (χ4v) is 2.24. The maximum Gasteiger partial charge on any atom is 0.325 e. The molecule has 1 aromatic rings. The van der Waals surface area contributed by atoms with Gasteiger partial charge in [-0.05, 0) is 37.1 Å². The van der Waals surface area contributed by atoms with Gasteiger partial charge < -0.3 is 10.2 Å². The summed E-state index contributed by atoms with van der Waals surface area (Å²) in [5.74, 6) is -2.44. The standard InChI is InChI=1S/C15H20FNO4/c1-3-7-17(8-6-13(18)19)14(15(20)21)11-4-5-12(16)10(2)9-11/h4-5,9,14H,3,6-8H2,1-2H3,(H,18,19)(H,20,21). The molecule has 0 amide bonds. The topological polar surface area (TPSA) is 77.8 Å². The third kappa shape index (κ3) is 4.82. The van der Waals surface area contributed by atoms with Gasteiger partial charge in [-0.25, -0.2) is 4.39 Å². The molecule has 0 fully saturated rings. The lowest BCUT2D eigenvalue weighted by Gasteiger charge is -2.28. The van der Waals surface area contributed by atoms with E-state index in [-0.39, 0.29) is 13.0 Å². The lowest BCUT2D eigenvalue weighted by Crippen LogP contribution is -2.36. The van der Waals surface area contributed by atoms with E-state index in [9.17, 15) is 19.1 Å². The highest BCUT2D eigenvalue weighted by Crippen LogP contribution is 2.24. The largest absolute Gasteiger partial charge is 0.481 e. The predicted molar refractivity (Wildman–Crippen MR) is 75.6 cm³/mol. The Morgan fingerprint density at radius 1 is 1.29 bits per heavy atom. The first-order valence-corrected chi connectivity index (χ1v) is 6.81. The first-order valence-electron chi connectivity index (χ1n) is 6.81. The van der Waals surface area contributed by atoms with Crippen molar-refractivity contribution in [3.8, 4) is 0 Å². The maximum absolute atomic E-state index is 13.3. The first-order chi connectivity index (χ1) is 9.86. The number of carbonyl (C=O) groups is 2. The van der Waals surface area contributed by atoms with Crippen LogP contribution in [0.1, 0.15) is 36.9 Å². The average molecular weight is 297 g/mol. The van der Waals surface area contributed by atoms with E-state index in [4.69, 9.17) is 5.11 Å². The Morgan fingerprint density at radius 2 is 1.95 bits per heavy atom. The van der Waals surface area contributed by atoms with Gasteiger partial charge >= 0.3 is 11.9 Å². The van der Waals surface area contributed by atoms with Crippen molar-refractivity contribution in [2.24, 2.45) is 0 Å². The van der Waals surface area contributed by atoms with Gasteiger partial charge in [-0.15, -0.1) is 0 Å². The molecule has 0 aliphatic heterocycles. The van der Waals surface area contributed by atoms with Crippen molar-refractivity contribution in [2.75, 3.05) is 13.1 Å². The summed E-state index contributed by atoms with van der Waals surface area (Å²) in [5, 5.41) is 18.2. The van der Waals surface area contributed by atoms with Gasteiger partial charge in [0.25, 0.3) is 0 Å². The van der Waals surface area contributed by atoms with Gasteiger partial charge in [-0.3, -0.25) is 14.5 Å². The SMILES string of the molecule is CCCN(CCC(=O)O)C(C(=O)O)c1ccc(F)c(C)c1. The van der Waals surface area contributed by atoms with Gasteiger partial charge in [0.2, 0.25) is 0 Å². The van der Waals surface area contributed by atoms with Crippen LogP contribution in [-0.4, -0.2) is 40.1 Å². The van der Waals surface area contributed by atoms with Crippen LogP contribution in [0.4, 0.5) is 4.39 Å². The zero-order valence-corrected chi connectivity index (χ0v) is 12.2. The number of aryl methyl sites for hydroxylation is 1. The predicted octanol–water partition coefficient (Wildman–Crippen LogP) is 2.45. The van der Waals surface area contributed by atoms with E-state index >= 15 is 0 Å². The van der Waals surface area contributed by atoms with E-state index in [1.807, 2.05) is 6.92 Å². The zero-order chi connectivity index (χ0) is 16.0. The number of benzene rings is 1. The molecule has 1 atom stereocenters. The van der Waals surface area contributed by atoms with E-state index in [2.05, 4.69) is 0 Å². The number of hydrogen-bond acceptors (Lipinski definition) is 3. The van der Waals surface area contributed by atoms with Crippen molar-refractivity contribution in [3.63, 3.8) is 0 Å². The van der Waals surface area contributed by atoms with Crippen molar-refractivity contribution >= 4 is 11.9 Å². The smallest absolute Gasteiger partial charge is 0.325 e. The molecule has 0 spiro atoms. The molecular formula is C15H20FNO4. The third-order valence-corrected chi connectivity index (χ3v) is 3.22. The number of rotatable bonds is 8. The second kappa shape index (κ2) is 7.73. The van der Waals surface area contributed by atoms with Crippen LogP contribution in [0, 0.1) is 12.7 Å². The fraction of sp³-hybridized carbons (Fsp3) is 0.467. The van der Waals surface area contributed by atoms with Gasteiger partial charge in [0.05, 0.1) is 6.42 Å². The number of halogens is 1. The van der Waals surface area contributed by atoms with Crippen LogP contribution in [0.2, 0.25) is 0 Å². The van der Waals surface area contributed by atoms with Crippen LogP contribution < -0.4 is 0 Å². The van der Waals surface area contributed by atoms with Crippen LogP contribution in [0.15, 0.2) is 18.2 Å². The quantitative estimate of drug-likeness (QED) is 0.770. The van der Waals surface area contributed by atoms with Gasteiger partial charge in [-0.1, -0.05) is 19.1 Å². The van der Waals surface area contributed by atoms with Crippen molar-refractivity contribution in [3.05, 3.63) is 35.1 Å². The molecule has 5 nitrogen and oxygen atoms in total. The molecule has 21 heavy (non-hydrogen) atoms. The molecule has 0 bridgehead atoms. The molecule has 0 aliphatic carbocycles. The van der Waals surface area contributed by atoms with Crippen LogP contribution >= 0.6 is 0 Å². The molecule has 0 saturated heterocycles. The summed E-state index contributed by atoms with van der Waals surface area (Å²) in [4.78, 5) is 23.9. The van der Waals surface area contributed by atoms with Gasteiger partial charge in [0, 0.05) is 6.54 Å². The highest BCUT2D eigenvalue weighted by molar-refractivity contribution is 5.76. The van der Waals surface area contributed by atoms with E-state index in [1.54, 1.807) is 11.8 Å². The van der Waals surface area contributed by atoms with E-state index in [0.717, 1.165) is 0 Å². The molecular weight excluding hydrogens is 277 g/mol. The van der Waals surface area contributed by atoms with Crippen LogP contribution in [0.3, 0.4) is 0 Å². The summed E-state index contributed by atoms with van der Waals surface area (Å²) in [6.45, 7) is 4.05. The second-order valence-electron chi connectivity index (χ2n) is 4.93. The first kappa shape index (κ1) is 17.1. The Labute approximate surface area is 123 Å². The molecule has 0 aromatic heterocycles. The Morgan fingerprint density at radius 3 is 2.43 bits per heavy atom. The molecule has 2 N–H and O–H groups in total. The van der Waals surface area contributed by atoms with E-state index < -0.39 is 23.8 Å². The zero-order valence-electron chi connectivity index (χ0n) is 12.2. The van der Waals surface area contributed by atoms with Crippen molar-refractivity contribution in [1.29, 1.82) is 0 Å². The summed E-state index contributed by atoms with van der Waals surface area (Å²) in [6.07, 6.45) is 0.563. The summed E-state index contributed by atoms with van der Waals surface area (Å²) < 4.78 is 13.3. The average Bonchev–Trinajstić information content (AvgIpc) is 2.40. The molecule has 1 rings (SSSR count). The Kier molecular flexibility index (Phi) is 6.30. The Bertz CT molecular complexity index is 518. The molecule has 6 heteroatoms. The molecule has 1 aromatic carbocycles. The minimum Gasteiger partial charge on any atom is -0.481 e. The lowest BCUT2D eigenvalue weighted by molar-refractivity contribution is -0.145. The summed E-state index contributed by atoms with van der Waals surface area (Å²) in [6, 6.07) is 3.20. The molecule has 1 unspecified atom stereocenters. The van der Waals surface area contributed by atoms with Crippen molar-refractivity contribution in [1.82, 2.24) is 4.90 Å². The highest BCUT2D eigenvalue weighted by atomic mass is 19.1. The van der Waals surface area contributed by atoms with Crippen molar-refractivity contribution < 1.29 is 24.2 Å². The number of carboxylic acids is 2. The minimum absolute atomic E-state index is 0.135. The second-order valence-corrected chi connectivity index (χ2v) is 4.93. The van der Waals surface area contributed by atoms with E-state index in [1.165, 1.54) is 18.2 Å². The summed E-state index contributed by atoms with van der Waals surface area (Å²) in [5.41, 5.74) is 0.827. The number of nitrogens with zero attached hydrogens (tertiary/aromatic N) is 1. The van der Waals surface area contributed by atoms with Crippen molar-refractivity contribution in [2.45, 2.75) is 32.7 Å². The monoisotopic (exact) mass is 297 g/mol. The number of carboxylic acid groups (broad SMARTS) is 2. The van der Waals surface area contributed by atoms with Crippen LogP contribution in [0.5, 0.6) is 0 Å². The fourth-order valence-electron chi connectivity index (χ4n) is 2.24. The van der Waals surface area contributed by atoms with Gasteiger partial charge in [0.1, 0.15) is 11.9 Å². The summed E-state index contributed by atoms with van der Waals surface area (Å²) in [7, 11) is 0.